The van der Waals surface area contributed by atoms with Gasteiger partial charge in [-0.3, -0.25) is 0 Å². The van der Waals surface area contributed by atoms with Gasteiger partial charge < -0.3 is 9.84 Å². The fourth-order valence-electron chi connectivity index (χ4n) is 1.06. The molecule has 0 spiro atoms. The molecule has 0 saturated heterocycles. The molecule has 1 aromatic carbocycles. The Morgan fingerprint density at radius 2 is 2.00 bits per heavy atom. The largest absolute Gasteiger partial charge is 0.479 e. The lowest BCUT2D eigenvalue weighted by Crippen LogP contribution is -2.23. The molecular weight excluding hydrogens is 244 g/mol. The zero-order valence-corrected chi connectivity index (χ0v) is 8.58. The summed E-state index contributed by atoms with van der Waals surface area (Å²) in [6, 6.07) is 2.42. The van der Waals surface area contributed by atoms with E-state index in [1.165, 1.54) is 0 Å². The van der Waals surface area contributed by atoms with Crippen molar-refractivity contribution in [2.75, 3.05) is 0 Å². The number of halogens is 4. The quantitative estimate of drug-likeness (QED) is 0.841. The first-order valence-electron chi connectivity index (χ1n) is 4.48. The average Bonchev–Trinajstić information content (AvgIpc) is 2.19. The predicted molar refractivity (Wildman–Crippen MR) is 49.1 cm³/mol. The summed E-state index contributed by atoms with van der Waals surface area (Å²) >= 11 is 0. The Labute approximate surface area is 93.6 Å². The van der Waals surface area contributed by atoms with Gasteiger partial charge in [0.15, 0.2) is 17.7 Å². The summed E-state index contributed by atoms with van der Waals surface area (Å²) in [4.78, 5) is 10.4. The SMILES string of the molecule is CC(Oc1cccc(C(F)(F)F)c1F)C(=O)O. The monoisotopic (exact) mass is 252 g/mol. The Morgan fingerprint density at radius 3 is 2.47 bits per heavy atom. The molecule has 0 radical (unpaired) electrons. The van der Waals surface area contributed by atoms with E-state index < -0.39 is 35.4 Å². The van der Waals surface area contributed by atoms with Crippen molar-refractivity contribution >= 4 is 5.97 Å². The Balaban J connectivity index is 3.07. The van der Waals surface area contributed by atoms with Gasteiger partial charge in [-0.15, -0.1) is 0 Å². The number of hydrogen-bond acceptors (Lipinski definition) is 2. The van der Waals surface area contributed by atoms with E-state index in [0.29, 0.717) is 6.07 Å². The van der Waals surface area contributed by atoms with Gasteiger partial charge in [0.2, 0.25) is 0 Å². The highest BCUT2D eigenvalue weighted by Gasteiger charge is 2.35. The Hall–Kier alpha value is -1.79. The van der Waals surface area contributed by atoms with Crippen LogP contribution in [-0.4, -0.2) is 17.2 Å². The first-order chi connectivity index (χ1) is 7.73. The molecule has 1 aromatic rings. The number of aliphatic carboxylic acids is 1. The van der Waals surface area contributed by atoms with Gasteiger partial charge in [0.05, 0.1) is 5.56 Å². The molecule has 17 heavy (non-hydrogen) atoms. The first kappa shape index (κ1) is 13.3. The van der Waals surface area contributed by atoms with Crippen molar-refractivity contribution in [2.24, 2.45) is 0 Å². The number of benzene rings is 1. The highest BCUT2D eigenvalue weighted by Crippen LogP contribution is 2.34. The van der Waals surface area contributed by atoms with Crippen LogP contribution in [-0.2, 0) is 11.0 Å². The van der Waals surface area contributed by atoms with Crippen molar-refractivity contribution in [1.29, 1.82) is 0 Å². The second-order valence-corrected chi connectivity index (χ2v) is 3.21. The summed E-state index contributed by atoms with van der Waals surface area (Å²) in [6.45, 7) is 1.09. The molecule has 0 heterocycles. The molecule has 0 aliphatic rings. The lowest BCUT2D eigenvalue weighted by atomic mass is 10.2. The lowest BCUT2D eigenvalue weighted by molar-refractivity contribution is -0.144. The van der Waals surface area contributed by atoms with Crippen LogP contribution < -0.4 is 4.74 Å². The minimum Gasteiger partial charge on any atom is -0.479 e. The standard InChI is InChI=1S/C10H8F4O3/c1-5(9(15)16)17-7-4-2-3-6(8(7)11)10(12,13)14/h2-5H,1H3,(H,15,16). The molecule has 7 heteroatoms. The van der Waals surface area contributed by atoms with Crippen molar-refractivity contribution in [3.63, 3.8) is 0 Å². The number of carbonyl (C=O) groups is 1. The number of ether oxygens (including phenoxy) is 1. The van der Waals surface area contributed by atoms with Crippen molar-refractivity contribution < 1.29 is 32.2 Å². The number of carboxylic acid groups (broad SMARTS) is 1. The third-order valence-electron chi connectivity index (χ3n) is 1.92. The summed E-state index contributed by atoms with van der Waals surface area (Å²) in [7, 11) is 0. The first-order valence-corrected chi connectivity index (χ1v) is 4.48. The Kier molecular flexibility index (Phi) is 3.59. The van der Waals surface area contributed by atoms with Crippen LogP contribution in [0.25, 0.3) is 0 Å². The molecule has 94 valence electrons. The molecule has 1 unspecified atom stereocenters. The molecule has 3 nitrogen and oxygen atoms in total. The van der Waals surface area contributed by atoms with E-state index in [4.69, 9.17) is 5.11 Å². The fourth-order valence-corrected chi connectivity index (χ4v) is 1.06. The second kappa shape index (κ2) is 4.60. The van der Waals surface area contributed by atoms with Gasteiger partial charge in [0.1, 0.15) is 0 Å². The van der Waals surface area contributed by atoms with Gasteiger partial charge in [0.25, 0.3) is 0 Å². The zero-order valence-electron chi connectivity index (χ0n) is 8.58. The summed E-state index contributed by atoms with van der Waals surface area (Å²) in [6.07, 6.45) is -6.29. The van der Waals surface area contributed by atoms with E-state index in [-0.39, 0.29) is 0 Å². The minimum atomic E-state index is -4.85. The molecule has 0 amide bonds. The smallest absolute Gasteiger partial charge is 0.419 e. The molecule has 0 fully saturated rings. The normalized spacial score (nSPS) is 13.2. The van der Waals surface area contributed by atoms with Gasteiger partial charge >= 0.3 is 12.1 Å². The maximum atomic E-state index is 13.4. The molecule has 0 aliphatic heterocycles. The van der Waals surface area contributed by atoms with Gasteiger partial charge in [-0.1, -0.05) is 6.07 Å². The molecule has 0 saturated carbocycles. The van der Waals surface area contributed by atoms with Crippen LogP contribution in [0.2, 0.25) is 0 Å². The van der Waals surface area contributed by atoms with Crippen LogP contribution in [0.1, 0.15) is 12.5 Å². The summed E-state index contributed by atoms with van der Waals surface area (Å²) < 4.78 is 54.9. The van der Waals surface area contributed by atoms with Gasteiger partial charge in [0, 0.05) is 0 Å². The lowest BCUT2D eigenvalue weighted by Gasteiger charge is -2.14. The van der Waals surface area contributed by atoms with Crippen LogP contribution in [0.4, 0.5) is 17.6 Å². The molecule has 1 N–H and O–H groups in total. The van der Waals surface area contributed by atoms with Crippen molar-refractivity contribution in [3.8, 4) is 5.75 Å². The van der Waals surface area contributed by atoms with Crippen LogP contribution in [0, 0.1) is 5.82 Å². The average molecular weight is 252 g/mol. The third kappa shape index (κ3) is 3.08. The van der Waals surface area contributed by atoms with Gasteiger partial charge in [-0.25, -0.2) is 9.18 Å². The fraction of sp³-hybridized carbons (Fsp3) is 0.300. The molecule has 1 atom stereocenters. The van der Waals surface area contributed by atoms with Crippen LogP contribution in [0.5, 0.6) is 5.75 Å². The van der Waals surface area contributed by atoms with Gasteiger partial charge in [-0.2, -0.15) is 13.2 Å². The van der Waals surface area contributed by atoms with E-state index in [2.05, 4.69) is 4.74 Å². The number of hydrogen-bond donors (Lipinski definition) is 1. The maximum absolute atomic E-state index is 13.4. The minimum absolute atomic E-state index is 0.549. The van der Waals surface area contributed by atoms with Crippen molar-refractivity contribution in [1.82, 2.24) is 0 Å². The van der Waals surface area contributed by atoms with E-state index in [9.17, 15) is 22.4 Å². The Bertz CT molecular complexity index is 428. The summed E-state index contributed by atoms with van der Waals surface area (Å²) in [5, 5.41) is 8.49. The van der Waals surface area contributed by atoms with E-state index in [0.717, 1.165) is 19.1 Å². The zero-order chi connectivity index (χ0) is 13.2. The highest BCUT2D eigenvalue weighted by molar-refractivity contribution is 5.72. The summed E-state index contributed by atoms with van der Waals surface area (Å²) in [5.74, 6) is -3.76. The third-order valence-corrected chi connectivity index (χ3v) is 1.92. The number of carboxylic acids is 1. The predicted octanol–water partition coefficient (Wildman–Crippen LogP) is 2.70. The second-order valence-electron chi connectivity index (χ2n) is 3.21. The van der Waals surface area contributed by atoms with E-state index in [1.54, 1.807) is 0 Å². The van der Waals surface area contributed by atoms with E-state index >= 15 is 0 Å². The van der Waals surface area contributed by atoms with Gasteiger partial charge in [-0.05, 0) is 19.1 Å². The molecular formula is C10H8F4O3. The molecule has 0 bridgehead atoms. The van der Waals surface area contributed by atoms with E-state index in [1.807, 2.05) is 0 Å². The van der Waals surface area contributed by atoms with Crippen molar-refractivity contribution in [3.05, 3.63) is 29.6 Å². The molecule has 0 aliphatic carbocycles. The number of rotatable bonds is 3. The van der Waals surface area contributed by atoms with Crippen LogP contribution in [0.3, 0.4) is 0 Å². The van der Waals surface area contributed by atoms with Crippen LogP contribution >= 0.6 is 0 Å². The molecule has 0 aromatic heterocycles. The topological polar surface area (TPSA) is 46.5 Å². The van der Waals surface area contributed by atoms with Crippen LogP contribution in [0.15, 0.2) is 18.2 Å². The Morgan fingerprint density at radius 1 is 1.41 bits per heavy atom. The maximum Gasteiger partial charge on any atom is 0.419 e. The highest BCUT2D eigenvalue weighted by atomic mass is 19.4. The molecule has 1 rings (SSSR count). The number of alkyl halides is 3. The van der Waals surface area contributed by atoms with Crippen molar-refractivity contribution in [2.45, 2.75) is 19.2 Å². The summed E-state index contributed by atoms with van der Waals surface area (Å²) in [5.41, 5.74) is -1.49.